The van der Waals surface area contributed by atoms with Crippen LogP contribution in [0.25, 0.3) is 5.57 Å². The number of nitrogens with zero attached hydrogens (tertiary/aromatic N) is 2. The summed E-state index contributed by atoms with van der Waals surface area (Å²) in [6.45, 7) is 11.7. The van der Waals surface area contributed by atoms with E-state index in [2.05, 4.69) is 31.0 Å². The molecule has 0 radical (unpaired) electrons. The van der Waals surface area contributed by atoms with Crippen LogP contribution in [-0.2, 0) is 30.9 Å². The minimum absolute atomic E-state index is 0.0476. The molecule has 1 amide bonds. The lowest BCUT2D eigenvalue weighted by atomic mass is 9.81. The second-order valence-electron chi connectivity index (χ2n) is 8.90. The van der Waals surface area contributed by atoms with E-state index in [1.165, 1.54) is 0 Å². The first kappa shape index (κ1) is 21.6. The summed E-state index contributed by atoms with van der Waals surface area (Å²) in [5, 5.41) is 7.58. The first-order valence-corrected chi connectivity index (χ1v) is 10.6. The summed E-state index contributed by atoms with van der Waals surface area (Å²) in [6.07, 6.45) is 4.61. The van der Waals surface area contributed by atoms with Crippen molar-refractivity contribution in [1.82, 2.24) is 15.1 Å². The summed E-state index contributed by atoms with van der Waals surface area (Å²) in [7, 11) is 0. The van der Waals surface area contributed by atoms with Crippen LogP contribution in [-0.4, -0.2) is 52.8 Å². The largest absolute Gasteiger partial charge is 0.459 e. The number of aromatic nitrogens is 2. The minimum Gasteiger partial charge on any atom is -0.459 e. The number of fused-ring (bicyclic) bond motifs is 1. The van der Waals surface area contributed by atoms with Crippen LogP contribution in [0.1, 0.15) is 70.8 Å². The van der Waals surface area contributed by atoms with Gasteiger partial charge in [-0.05, 0) is 33.1 Å². The number of H-pyrrole nitrogens is 1. The van der Waals surface area contributed by atoms with Crippen LogP contribution in [0.3, 0.4) is 0 Å². The zero-order valence-electron chi connectivity index (χ0n) is 18.2. The molecular weight excluding hydrogens is 370 g/mol. The minimum atomic E-state index is -0.435. The molecule has 1 saturated heterocycles. The molecule has 7 nitrogen and oxygen atoms in total. The molecule has 0 unspecified atom stereocenters. The van der Waals surface area contributed by atoms with Crippen molar-refractivity contribution in [3.63, 3.8) is 0 Å². The molecule has 29 heavy (non-hydrogen) atoms. The molecule has 1 aromatic heterocycles. The molecule has 1 aromatic rings. The molecule has 3 heterocycles. The van der Waals surface area contributed by atoms with Gasteiger partial charge in [-0.2, -0.15) is 5.10 Å². The van der Waals surface area contributed by atoms with E-state index in [4.69, 9.17) is 9.47 Å². The Morgan fingerprint density at radius 3 is 2.66 bits per heavy atom. The third kappa shape index (κ3) is 4.55. The number of aromatic amines is 1. The van der Waals surface area contributed by atoms with Crippen molar-refractivity contribution in [2.45, 2.75) is 71.8 Å². The first-order chi connectivity index (χ1) is 13.7. The van der Waals surface area contributed by atoms with Gasteiger partial charge in [-0.3, -0.25) is 9.89 Å². The predicted octanol–water partition coefficient (Wildman–Crippen LogP) is 3.20. The molecule has 160 valence electrons. The highest BCUT2D eigenvalue weighted by molar-refractivity contribution is 6.17. The van der Waals surface area contributed by atoms with Gasteiger partial charge in [-0.1, -0.05) is 27.2 Å². The molecule has 7 heteroatoms. The fraction of sp³-hybridized carbons (Fsp3) is 0.682. The number of amides is 1. The van der Waals surface area contributed by atoms with Crippen LogP contribution in [0, 0.1) is 5.92 Å². The average molecular weight is 404 g/mol. The Morgan fingerprint density at radius 2 is 2.03 bits per heavy atom. The van der Waals surface area contributed by atoms with Gasteiger partial charge in [0.15, 0.2) is 0 Å². The molecule has 2 aliphatic heterocycles. The normalized spacial score (nSPS) is 19.5. The van der Waals surface area contributed by atoms with Crippen LogP contribution < -0.4 is 0 Å². The average Bonchev–Trinajstić information content (AvgIpc) is 3.04. The molecule has 0 aliphatic carbocycles. The van der Waals surface area contributed by atoms with Gasteiger partial charge < -0.3 is 14.4 Å². The van der Waals surface area contributed by atoms with Crippen LogP contribution in [0.2, 0.25) is 0 Å². The number of carbonyl (C=O) groups excluding carboxylic acids is 2. The van der Waals surface area contributed by atoms with Crippen LogP contribution >= 0.6 is 0 Å². The number of nitrogens with one attached hydrogen (secondary N) is 1. The van der Waals surface area contributed by atoms with Gasteiger partial charge >= 0.3 is 5.97 Å². The maximum absolute atomic E-state index is 13.3. The Bertz CT molecular complexity index is 788. The summed E-state index contributed by atoms with van der Waals surface area (Å²) < 4.78 is 10.9. The Hall–Kier alpha value is -2.15. The molecule has 1 N–H and O–H groups in total. The lowest BCUT2D eigenvalue weighted by Crippen LogP contribution is -2.41. The van der Waals surface area contributed by atoms with Crippen LogP contribution in [0.15, 0.2) is 6.20 Å². The summed E-state index contributed by atoms with van der Waals surface area (Å²) in [6, 6.07) is 0. The van der Waals surface area contributed by atoms with E-state index in [-0.39, 0.29) is 23.3 Å². The third-order valence-electron chi connectivity index (χ3n) is 5.54. The number of aryl methyl sites for hydroxylation is 1. The van der Waals surface area contributed by atoms with Crippen molar-refractivity contribution in [3.8, 4) is 0 Å². The van der Waals surface area contributed by atoms with Crippen molar-refractivity contribution >= 4 is 17.4 Å². The molecule has 0 aromatic carbocycles. The van der Waals surface area contributed by atoms with Crippen LogP contribution in [0.5, 0.6) is 0 Å². The third-order valence-corrected chi connectivity index (χ3v) is 5.54. The van der Waals surface area contributed by atoms with E-state index in [0.717, 1.165) is 24.1 Å². The first-order valence-electron chi connectivity index (χ1n) is 10.6. The molecule has 0 saturated carbocycles. The number of hydrogen-bond donors (Lipinski definition) is 1. The summed E-state index contributed by atoms with van der Waals surface area (Å²) in [4.78, 5) is 28.0. The van der Waals surface area contributed by atoms with Gasteiger partial charge in [0.25, 0.3) is 0 Å². The number of esters is 1. The fourth-order valence-electron chi connectivity index (χ4n) is 4.24. The van der Waals surface area contributed by atoms with E-state index in [1.54, 1.807) is 11.1 Å². The topological polar surface area (TPSA) is 84.5 Å². The van der Waals surface area contributed by atoms with Crippen molar-refractivity contribution in [1.29, 1.82) is 0 Å². The molecule has 0 bridgehead atoms. The zero-order chi connectivity index (χ0) is 21.2. The zero-order valence-corrected chi connectivity index (χ0v) is 18.2. The predicted molar refractivity (Wildman–Crippen MR) is 110 cm³/mol. The smallest absolute Gasteiger partial charge is 0.342 e. The van der Waals surface area contributed by atoms with Gasteiger partial charge in [-0.15, -0.1) is 0 Å². The standard InChI is InChI=1S/C22H33N3O4/c1-6-7-17-18-19(24-23-17)16(21(27)29-14(2)3)12-25(13-22(18,4)5)20(26)15-8-10-28-11-9-15/h12,14-15H,6-11,13H2,1-5H3,(H,23,24). The second-order valence-corrected chi connectivity index (χ2v) is 8.90. The highest BCUT2D eigenvalue weighted by Crippen LogP contribution is 2.38. The van der Waals surface area contributed by atoms with Gasteiger partial charge in [0, 0.05) is 42.9 Å². The van der Waals surface area contributed by atoms with E-state index in [9.17, 15) is 9.59 Å². The van der Waals surface area contributed by atoms with Crippen LogP contribution in [0.4, 0.5) is 0 Å². The lowest BCUT2D eigenvalue weighted by Gasteiger charge is -2.32. The van der Waals surface area contributed by atoms with Crippen molar-refractivity contribution in [3.05, 3.63) is 23.2 Å². The van der Waals surface area contributed by atoms with Gasteiger partial charge in [0.05, 0.1) is 17.5 Å². The molecule has 0 atom stereocenters. The Labute approximate surface area is 172 Å². The number of ether oxygens (including phenoxy) is 2. The van der Waals surface area contributed by atoms with E-state index >= 15 is 0 Å². The number of rotatable bonds is 5. The number of hydrogen-bond acceptors (Lipinski definition) is 5. The lowest BCUT2D eigenvalue weighted by molar-refractivity contribution is -0.140. The summed E-state index contributed by atoms with van der Waals surface area (Å²) >= 11 is 0. The van der Waals surface area contributed by atoms with E-state index in [1.807, 2.05) is 13.8 Å². The monoisotopic (exact) mass is 403 g/mol. The van der Waals surface area contributed by atoms with Crippen molar-refractivity contribution in [2.24, 2.45) is 5.92 Å². The quantitative estimate of drug-likeness (QED) is 0.763. The Balaban J connectivity index is 2.05. The van der Waals surface area contributed by atoms with E-state index in [0.29, 0.717) is 43.9 Å². The molecule has 2 aliphatic rings. The summed E-state index contributed by atoms with van der Waals surface area (Å²) in [5.74, 6) is -0.468. The maximum Gasteiger partial charge on any atom is 0.342 e. The molecule has 3 rings (SSSR count). The van der Waals surface area contributed by atoms with Gasteiger partial charge in [0.2, 0.25) is 5.91 Å². The van der Waals surface area contributed by atoms with Gasteiger partial charge in [-0.25, -0.2) is 4.79 Å². The molecule has 1 fully saturated rings. The van der Waals surface area contributed by atoms with Crippen molar-refractivity contribution < 1.29 is 19.1 Å². The Morgan fingerprint density at radius 1 is 1.34 bits per heavy atom. The highest BCUT2D eigenvalue weighted by Gasteiger charge is 2.39. The second kappa shape index (κ2) is 8.69. The molecular formula is C22H33N3O4. The van der Waals surface area contributed by atoms with Gasteiger partial charge in [0.1, 0.15) is 5.57 Å². The van der Waals surface area contributed by atoms with Crippen molar-refractivity contribution in [2.75, 3.05) is 19.8 Å². The fourth-order valence-corrected chi connectivity index (χ4v) is 4.24. The maximum atomic E-state index is 13.3. The molecule has 0 spiro atoms. The SMILES string of the molecule is CCCc1n[nH]c2c1C(C)(C)CN(C(=O)C1CCOCC1)C=C2C(=O)OC(C)C. The Kier molecular flexibility index (Phi) is 6.46. The van der Waals surface area contributed by atoms with E-state index < -0.39 is 5.97 Å². The highest BCUT2D eigenvalue weighted by atomic mass is 16.5. The summed E-state index contributed by atoms with van der Waals surface area (Å²) in [5.41, 5.74) is 2.65. The number of carbonyl (C=O) groups is 2.